The number of nitrogens with two attached hydrogens (primary N) is 1. The summed E-state index contributed by atoms with van der Waals surface area (Å²) in [5.41, 5.74) is 9.06. The number of carbonyl (C=O) groups is 2. The number of piperidine rings is 2. The molecule has 2 fully saturated rings. The molecule has 0 radical (unpaired) electrons. The van der Waals surface area contributed by atoms with Crippen molar-refractivity contribution in [2.24, 2.45) is 5.73 Å². The van der Waals surface area contributed by atoms with Gasteiger partial charge in [0.05, 0.1) is 30.8 Å². The van der Waals surface area contributed by atoms with Gasteiger partial charge in [-0.1, -0.05) is 6.92 Å². The third-order valence-corrected chi connectivity index (χ3v) is 7.01. The number of aromatic amines is 1. The van der Waals surface area contributed by atoms with E-state index in [0.29, 0.717) is 19.1 Å². The lowest BCUT2D eigenvalue weighted by Gasteiger charge is -2.50. The number of quaternary nitrogens is 1. The molecule has 0 saturated carbocycles. The van der Waals surface area contributed by atoms with Crippen LogP contribution in [0.4, 0.5) is 0 Å². The summed E-state index contributed by atoms with van der Waals surface area (Å²) in [5.74, 6) is -1.38. The number of aryl methyl sites for hydroxylation is 1. The molecule has 2 aromatic rings. The van der Waals surface area contributed by atoms with Gasteiger partial charge in [0, 0.05) is 36.9 Å². The molecule has 0 bridgehead atoms. The second-order valence-corrected chi connectivity index (χ2v) is 8.71. The first-order valence-electron chi connectivity index (χ1n) is 10.9. The number of rotatable bonds is 4. The molecule has 4 rings (SSSR count). The Morgan fingerprint density at radius 2 is 1.93 bits per heavy atom. The average Bonchev–Trinajstić information content (AvgIpc) is 3.22. The van der Waals surface area contributed by atoms with E-state index in [4.69, 9.17) is 5.73 Å². The zero-order valence-electron chi connectivity index (χ0n) is 17.3. The summed E-state index contributed by atoms with van der Waals surface area (Å²) in [6.45, 7) is 6.87. The number of hydrogen-bond acceptors (Lipinski definition) is 3. The summed E-state index contributed by atoms with van der Waals surface area (Å²) >= 11 is 0. The maximum Gasteiger partial charge on any atom is 0.311 e. The second kappa shape index (κ2) is 8.14. The number of benzene rings is 1. The normalized spacial score (nSPS) is 20.1. The van der Waals surface area contributed by atoms with Crippen molar-refractivity contribution in [2.75, 3.05) is 26.2 Å². The Hall–Kier alpha value is -2.41. The van der Waals surface area contributed by atoms with Gasteiger partial charge in [-0.3, -0.25) is 14.7 Å². The Morgan fingerprint density at radius 1 is 1.21 bits per heavy atom. The lowest BCUT2D eigenvalue weighted by atomic mass is 9.93. The van der Waals surface area contributed by atoms with Gasteiger partial charge < -0.3 is 15.1 Å². The number of carbonyl (C=O) groups excluding carboxylic acids is 2. The van der Waals surface area contributed by atoms with Crippen LogP contribution in [0.15, 0.2) is 18.3 Å². The Morgan fingerprint density at radius 3 is 2.59 bits per heavy atom. The van der Waals surface area contributed by atoms with Crippen molar-refractivity contribution in [1.29, 1.82) is 0 Å². The van der Waals surface area contributed by atoms with Gasteiger partial charge in [-0.05, 0) is 43.4 Å². The highest BCUT2D eigenvalue weighted by molar-refractivity contribution is 6.34. The molecule has 1 aromatic carbocycles. The van der Waals surface area contributed by atoms with Crippen LogP contribution in [0, 0.1) is 0 Å². The van der Waals surface area contributed by atoms with E-state index >= 15 is 0 Å². The molecule has 3 N–H and O–H groups in total. The average molecular weight is 399 g/mol. The number of likely N-dealkylation sites (tertiary alicyclic amines) is 2. The first kappa shape index (κ1) is 19.9. The van der Waals surface area contributed by atoms with Crippen molar-refractivity contribution in [2.45, 2.75) is 58.0 Å². The van der Waals surface area contributed by atoms with Crippen molar-refractivity contribution >= 4 is 22.7 Å². The van der Waals surface area contributed by atoms with Gasteiger partial charge in [0.1, 0.15) is 6.54 Å². The molecule has 7 nitrogen and oxygen atoms in total. The maximum absolute atomic E-state index is 12.0. The van der Waals surface area contributed by atoms with E-state index in [0.717, 1.165) is 35.8 Å². The van der Waals surface area contributed by atoms with Crippen LogP contribution < -0.4 is 5.73 Å². The molecule has 0 atom stereocenters. The Balaban J connectivity index is 1.56. The summed E-state index contributed by atoms with van der Waals surface area (Å²) in [4.78, 5) is 24.8. The third-order valence-electron chi connectivity index (χ3n) is 7.01. The number of amides is 2. The third kappa shape index (κ3) is 3.88. The fourth-order valence-corrected chi connectivity index (χ4v) is 5.50. The quantitative estimate of drug-likeness (QED) is 0.610. The molecule has 0 aliphatic carbocycles. The number of fused-ring (bicyclic) bond motifs is 1. The Kier molecular flexibility index (Phi) is 5.58. The number of H-pyrrole nitrogens is 1. The molecule has 1 aromatic heterocycles. The number of nitrogens with zero attached hydrogens (tertiary/aromatic N) is 3. The predicted molar refractivity (Wildman–Crippen MR) is 112 cm³/mol. The van der Waals surface area contributed by atoms with E-state index in [9.17, 15) is 9.59 Å². The maximum atomic E-state index is 12.0. The first-order chi connectivity index (χ1) is 14.0. The number of aromatic nitrogens is 2. The molecule has 3 heterocycles. The van der Waals surface area contributed by atoms with Crippen molar-refractivity contribution in [3.8, 4) is 0 Å². The minimum atomic E-state index is -0.842. The summed E-state index contributed by atoms with van der Waals surface area (Å²) in [6, 6.07) is 5.16. The molecule has 7 heteroatoms. The van der Waals surface area contributed by atoms with E-state index in [2.05, 4.69) is 29.3 Å². The van der Waals surface area contributed by atoms with Gasteiger partial charge in [-0.2, -0.15) is 5.10 Å². The van der Waals surface area contributed by atoms with Crippen LogP contribution >= 0.6 is 0 Å². The van der Waals surface area contributed by atoms with Crippen molar-refractivity contribution in [3.05, 3.63) is 29.5 Å². The standard InChI is InChI=1S/C22H31N5O2/c1-2-17-12-16(13-18-14-24-25-20(17)18)15-27(10-4-3-5-11-27)19-6-8-26(9-7-19)22(29)21(23)28/h12-14,19H,2-11,15H2,1H3,(H2-,23,24,25,28)/p+1. The van der Waals surface area contributed by atoms with Crippen LogP contribution in [0.1, 0.15) is 50.2 Å². The van der Waals surface area contributed by atoms with Crippen molar-refractivity contribution in [1.82, 2.24) is 15.1 Å². The topological polar surface area (TPSA) is 92.1 Å². The highest BCUT2D eigenvalue weighted by Gasteiger charge is 2.41. The van der Waals surface area contributed by atoms with Crippen molar-refractivity contribution in [3.63, 3.8) is 0 Å². The Labute approximate surface area is 171 Å². The summed E-state index contributed by atoms with van der Waals surface area (Å²) in [6.07, 6.45) is 8.61. The Bertz CT molecular complexity index is 892. The summed E-state index contributed by atoms with van der Waals surface area (Å²) < 4.78 is 1.10. The van der Waals surface area contributed by atoms with Crippen LogP contribution in [-0.4, -0.2) is 63.6 Å². The second-order valence-electron chi connectivity index (χ2n) is 8.71. The fourth-order valence-electron chi connectivity index (χ4n) is 5.50. The SMILES string of the molecule is CCc1cc(C[N+]2(C3CCN(C(=O)C(N)=O)CC3)CCCCC2)cc2cn[nH]c12. The van der Waals surface area contributed by atoms with Gasteiger partial charge in [0.25, 0.3) is 0 Å². The molecular formula is C22H32N5O2+. The number of primary amides is 1. The molecule has 2 aliphatic rings. The zero-order valence-corrected chi connectivity index (χ0v) is 17.3. The number of nitrogens with one attached hydrogen (secondary N) is 1. The van der Waals surface area contributed by atoms with Gasteiger partial charge >= 0.3 is 11.8 Å². The summed E-state index contributed by atoms with van der Waals surface area (Å²) in [7, 11) is 0. The molecule has 156 valence electrons. The van der Waals surface area contributed by atoms with E-state index in [1.807, 2.05) is 6.20 Å². The molecule has 29 heavy (non-hydrogen) atoms. The van der Waals surface area contributed by atoms with E-state index in [1.165, 1.54) is 48.9 Å². The largest absolute Gasteiger partial charge is 0.361 e. The van der Waals surface area contributed by atoms with Crippen molar-refractivity contribution < 1.29 is 14.1 Å². The molecule has 2 aliphatic heterocycles. The van der Waals surface area contributed by atoms with Crippen LogP contribution in [0.3, 0.4) is 0 Å². The molecule has 2 saturated heterocycles. The lowest BCUT2D eigenvalue weighted by molar-refractivity contribution is -0.968. The zero-order chi connectivity index (χ0) is 20.4. The molecular weight excluding hydrogens is 366 g/mol. The lowest BCUT2D eigenvalue weighted by Crippen LogP contribution is -2.61. The monoisotopic (exact) mass is 398 g/mol. The minimum Gasteiger partial charge on any atom is -0.361 e. The van der Waals surface area contributed by atoms with Gasteiger partial charge in [-0.15, -0.1) is 0 Å². The minimum absolute atomic E-state index is 0.525. The molecule has 0 spiro atoms. The van der Waals surface area contributed by atoms with Gasteiger partial charge in [0.2, 0.25) is 0 Å². The highest BCUT2D eigenvalue weighted by atomic mass is 16.2. The summed E-state index contributed by atoms with van der Waals surface area (Å²) in [5, 5.41) is 8.57. The van der Waals surface area contributed by atoms with Gasteiger partial charge in [-0.25, -0.2) is 0 Å². The van der Waals surface area contributed by atoms with E-state index in [1.54, 1.807) is 4.90 Å². The van der Waals surface area contributed by atoms with Gasteiger partial charge in [0.15, 0.2) is 0 Å². The predicted octanol–water partition coefficient (Wildman–Crippen LogP) is 2.10. The number of hydrogen-bond donors (Lipinski definition) is 2. The van der Waals surface area contributed by atoms with Crippen LogP contribution in [0.25, 0.3) is 10.9 Å². The van der Waals surface area contributed by atoms with E-state index in [-0.39, 0.29) is 0 Å². The smallest absolute Gasteiger partial charge is 0.311 e. The highest BCUT2D eigenvalue weighted by Crippen LogP contribution is 2.33. The van der Waals surface area contributed by atoms with Crippen LogP contribution in [-0.2, 0) is 22.6 Å². The van der Waals surface area contributed by atoms with E-state index < -0.39 is 11.8 Å². The fraction of sp³-hybridized carbons (Fsp3) is 0.591. The van der Waals surface area contributed by atoms with Crippen LogP contribution in [0.2, 0.25) is 0 Å². The van der Waals surface area contributed by atoms with Crippen LogP contribution in [0.5, 0.6) is 0 Å². The molecule has 0 unspecified atom stereocenters. The molecule has 2 amide bonds. The first-order valence-corrected chi connectivity index (χ1v) is 10.9.